The Morgan fingerprint density at radius 1 is 1.35 bits per heavy atom. The first-order valence-corrected chi connectivity index (χ1v) is 7.31. The van der Waals surface area contributed by atoms with E-state index in [4.69, 9.17) is 5.73 Å². The standard InChI is InChI=1S/C13H21BrN6/c1-9-10(7-16-19(9)4)12(15)13-11(14)8-17-20(13)6-5-18(2)3/h7-8,12H,5-6,15H2,1-4H3. The zero-order chi connectivity index (χ0) is 14.9. The molecular formula is C13H21BrN6. The van der Waals surface area contributed by atoms with Crippen LogP contribution < -0.4 is 5.73 Å². The highest BCUT2D eigenvalue weighted by Gasteiger charge is 2.21. The molecule has 0 aliphatic heterocycles. The second kappa shape index (κ2) is 6.07. The van der Waals surface area contributed by atoms with Gasteiger partial charge in [-0.15, -0.1) is 0 Å². The highest BCUT2D eigenvalue weighted by Crippen LogP contribution is 2.28. The Balaban J connectivity index is 2.31. The van der Waals surface area contributed by atoms with Crippen molar-refractivity contribution < 1.29 is 0 Å². The van der Waals surface area contributed by atoms with Crippen LogP contribution in [0.15, 0.2) is 16.9 Å². The van der Waals surface area contributed by atoms with Crippen LogP contribution in [0.25, 0.3) is 0 Å². The van der Waals surface area contributed by atoms with Crippen LogP contribution in [0.5, 0.6) is 0 Å². The summed E-state index contributed by atoms with van der Waals surface area (Å²) in [5.74, 6) is 0. The molecular weight excluding hydrogens is 320 g/mol. The lowest BCUT2D eigenvalue weighted by atomic mass is 10.1. The minimum atomic E-state index is -0.234. The SMILES string of the molecule is Cc1c(C(N)c2c(Br)cnn2CCN(C)C)cnn1C. The molecule has 0 saturated carbocycles. The summed E-state index contributed by atoms with van der Waals surface area (Å²) < 4.78 is 4.73. The molecule has 0 aliphatic rings. The maximum absolute atomic E-state index is 6.43. The number of nitrogens with two attached hydrogens (primary N) is 1. The third kappa shape index (κ3) is 2.94. The van der Waals surface area contributed by atoms with Gasteiger partial charge in [0.05, 0.1) is 35.1 Å². The lowest BCUT2D eigenvalue weighted by Gasteiger charge is -2.17. The Morgan fingerprint density at radius 3 is 2.60 bits per heavy atom. The lowest BCUT2D eigenvalue weighted by molar-refractivity contribution is 0.368. The summed E-state index contributed by atoms with van der Waals surface area (Å²) in [7, 11) is 6.01. The molecule has 0 fully saturated rings. The van der Waals surface area contributed by atoms with Gasteiger partial charge in [0.15, 0.2) is 0 Å². The van der Waals surface area contributed by atoms with E-state index >= 15 is 0 Å². The molecule has 0 saturated heterocycles. The van der Waals surface area contributed by atoms with Gasteiger partial charge in [-0.05, 0) is 36.9 Å². The molecule has 20 heavy (non-hydrogen) atoms. The summed E-state index contributed by atoms with van der Waals surface area (Å²) in [6.45, 7) is 3.75. The summed E-state index contributed by atoms with van der Waals surface area (Å²) in [5.41, 5.74) is 9.52. The van der Waals surface area contributed by atoms with Crippen molar-refractivity contribution in [3.05, 3.63) is 33.8 Å². The van der Waals surface area contributed by atoms with Crippen molar-refractivity contribution in [2.45, 2.75) is 19.5 Å². The van der Waals surface area contributed by atoms with Gasteiger partial charge in [-0.25, -0.2) is 0 Å². The first-order chi connectivity index (χ1) is 9.41. The highest BCUT2D eigenvalue weighted by molar-refractivity contribution is 9.10. The van der Waals surface area contributed by atoms with Crippen molar-refractivity contribution in [1.82, 2.24) is 24.5 Å². The van der Waals surface area contributed by atoms with Gasteiger partial charge in [0.1, 0.15) is 0 Å². The largest absolute Gasteiger partial charge is 0.319 e. The maximum Gasteiger partial charge on any atom is 0.0768 e. The smallest absolute Gasteiger partial charge is 0.0768 e. The topological polar surface area (TPSA) is 64.9 Å². The van der Waals surface area contributed by atoms with Crippen molar-refractivity contribution >= 4 is 15.9 Å². The zero-order valence-electron chi connectivity index (χ0n) is 12.3. The summed E-state index contributed by atoms with van der Waals surface area (Å²) in [6.07, 6.45) is 3.63. The molecule has 1 unspecified atom stereocenters. The van der Waals surface area contributed by atoms with E-state index in [1.54, 1.807) is 6.20 Å². The van der Waals surface area contributed by atoms with Crippen LogP contribution in [0.3, 0.4) is 0 Å². The van der Waals surface area contributed by atoms with Gasteiger partial charge in [0, 0.05) is 24.8 Å². The average Bonchev–Trinajstić information content (AvgIpc) is 2.91. The van der Waals surface area contributed by atoms with E-state index in [0.29, 0.717) is 0 Å². The van der Waals surface area contributed by atoms with Crippen LogP contribution in [0, 0.1) is 6.92 Å². The Morgan fingerprint density at radius 2 is 2.05 bits per heavy atom. The van der Waals surface area contributed by atoms with Gasteiger partial charge in [-0.3, -0.25) is 9.36 Å². The van der Waals surface area contributed by atoms with Crippen molar-refractivity contribution in [2.75, 3.05) is 20.6 Å². The second-order valence-electron chi connectivity index (χ2n) is 5.19. The minimum absolute atomic E-state index is 0.234. The fourth-order valence-electron chi connectivity index (χ4n) is 2.12. The monoisotopic (exact) mass is 340 g/mol. The molecule has 6 nitrogen and oxygen atoms in total. The molecule has 0 radical (unpaired) electrons. The van der Waals surface area contributed by atoms with E-state index in [2.05, 4.69) is 31.0 Å². The maximum atomic E-state index is 6.43. The number of nitrogens with zero attached hydrogens (tertiary/aromatic N) is 5. The van der Waals surface area contributed by atoms with Gasteiger partial charge in [-0.2, -0.15) is 10.2 Å². The summed E-state index contributed by atoms with van der Waals surface area (Å²) in [6, 6.07) is -0.234. The molecule has 110 valence electrons. The van der Waals surface area contributed by atoms with Crippen LogP contribution >= 0.6 is 15.9 Å². The Bertz CT molecular complexity index is 586. The van der Waals surface area contributed by atoms with E-state index in [0.717, 1.165) is 34.5 Å². The van der Waals surface area contributed by atoms with Crippen molar-refractivity contribution in [1.29, 1.82) is 0 Å². The number of rotatable bonds is 5. The van der Waals surface area contributed by atoms with Crippen LogP contribution in [0.1, 0.15) is 23.0 Å². The van der Waals surface area contributed by atoms with Crippen molar-refractivity contribution in [2.24, 2.45) is 12.8 Å². The fraction of sp³-hybridized carbons (Fsp3) is 0.538. The Labute approximate surface area is 127 Å². The normalized spacial score (nSPS) is 13.2. The molecule has 7 heteroatoms. The molecule has 2 aromatic rings. The number of aromatic nitrogens is 4. The summed E-state index contributed by atoms with van der Waals surface area (Å²) in [4.78, 5) is 2.13. The highest BCUT2D eigenvalue weighted by atomic mass is 79.9. The number of likely N-dealkylation sites (N-methyl/N-ethyl adjacent to an activating group) is 1. The summed E-state index contributed by atoms with van der Waals surface area (Å²) >= 11 is 3.55. The number of hydrogen-bond donors (Lipinski definition) is 1. The van der Waals surface area contributed by atoms with E-state index in [-0.39, 0.29) is 6.04 Å². The van der Waals surface area contributed by atoms with Gasteiger partial charge in [0.25, 0.3) is 0 Å². The average molecular weight is 341 g/mol. The zero-order valence-corrected chi connectivity index (χ0v) is 13.9. The van der Waals surface area contributed by atoms with E-state index in [1.807, 2.05) is 43.6 Å². The predicted molar refractivity (Wildman–Crippen MR) is 82.5 cm³/mol. The molecule has 1 atom stereocenters. The molecule has 2 aromatic heterocycles. The third-order valence-electron chi connectivity index (χ3n) is 3.50. The number of hydrogen-bond acceptors (Lipinski definition) is 4. The molecule has 0 aromatic carbocycles. The van der Waals surface area contributed by atoms with Gasteiger partial charge >= 0.3 is 0 Å². The van der Waals surface area contributed by atoms with Gasteiger partial charge in [0.2, 0.25) is 0 Å². The Kier molecular flexibility index (Phi) is 4.62. The van der Waals surface area contributed by atoms with Crippen LogP contribution in [-0.4, -0.2) is 45.1 Å². The predicted octanol–water partition coefficient (Wildman–Crippen LogP) is 1.30. The molecule has 2 rings (SSSR count). The molecule has 2 N–H and O–H groups in total. The van der Waals surface area contributed by atoms with Crippen LogP contribution in [0.4, 0.5) is 0 Å². The van der Waals surface area contributed by atoms with E-state index < -0.39 is 0 Å². The third-order valence-corrected chi connectivity index (χ3v) is 4.11. The first kappa shape index (κ1) is 15.2. The second-order valence-corrected chi connectivity index (χ2v) is 6.05. The van der Waals surface area contributed by atoms with Crippen molar-refractivity contribution in [3.63, 3.8) is 0 Å². The summed E-state index contributed by atoms with van der Waals surface area (Å²) in [5, 5.41) is 8.67. The van der Waals surface area contributed by atoms with Crippen molar-refractivity contribution in [3.8, 4) is 0 Å². The molecule has 0 aliphatic carbocycles. The fourth-order valence-corrected chi connectivity index (χ4v) is 2.67. The minimum Gasteiger partial charge on any atom is -0.319 e. The number of aryl methyl sites for hydroxylation is 1. The van der Waals surface area contributed by atoms with E-state index in [1.165, 1.54) is 0 Å². The molecule has 2 heterocycles. The Hall–Kier alpha value is -1.18. The molecule has 0 amide bonds. The van der Waals surface area contributed by atoms with E-state index in [9.17, 15) is 0 Å². The van der Waals surface area contributed by atoms with Crippen LogP contribution in [0.2, 0.25) is 0 Å². The lowest BCUT2D eigenvalue weighted by Crippen LogP contribution is -2.23. The number of halogens is 1. The van der Waals surface area contributed by atoms with Gasteiger partial charge in [-0.1, -0.05) is 0 Å². The van der Waals surface area contributed by atoms with Gasteiger partial charge < -0.3 is 10.6 Å². The quantitative estimate of drug-likeness (QED) is 0.890. The molecule has 0 bridgehead atoms. The first-order valence-electron chi connectivity index (χ1n) is 6.51. The van der Waals surface area contributed by atoms with Crippen LogP contribution in [-0.2, 0) is 13.6 Å². The molecule has 0 spiro atoms.